The number of hydrogen-bond donors (Lipinski definition) is 2. The molecule has 0 radical (unpaired) electrons. The number of likely N-dealkylation sites (tertiary alicyclic amines) is 2. The van der Waals surface area contributed by atoms with Gasteiger partial charge in [0.2, 0.25) is 17.7 Å². The molecule has 0 aromatic heterocycles. The van der Waals surface area contributed by atoms with Crippen LogP contribution < -0.4 is 15.4 Å². The molecule has 0 spiro atoms. The predicted molar refractivity (Wildman–Crippen MR) is 203 cm³/mol. The summed E-state index contributed by atoms with van der Waals surface area (Å²) < 4.78 is 4.58. The standard InChI is InChI=1S/C23H43N3O2.C10H13NO.C8H8O2/c1-4-5-6-7-8-9-20-12-16-26(17-13-20)23(28)21(24-3)18-22(27)25-14-10-19(2)11-15-25;1-3-9-6-4-5-7-10(9)11-8(2)12;1-7-2-4-8(5-3-7)10-6-9/h19-21,24H,4-18H2,1-3H3;4-7H,3H2,1-2H3,(H,11,12);2-6H,1H3. The Morgan fingerprint density at radius 1 is 0.880 bits per heavy atom. The Morgan fingerprint density at radius 3 is 2.08 bits per heavy atom. The summed E-state index contributed by atoms with van der Waals surface area (Å²) in [5.74, 6) is 2.29. The molecule has 9 heteroatoms. The first-order chi connectivity index (χ1) is 24.1. The summed E-state index contributed by atoms with van der Waals surface area (Å²) in [7, 11) is 1.80. The number of amides is 3. The van der Waals surface area contributed by atoms with Crippen LogP contribution in [-0.2, 0) is 25.6 Å². The van der Waals surface area contributed by atoms with Crippen LogP contribution in [0.25, 0.3) is 0 Å². The van der Waals surface area contributed by atoms with E-state index >= 15 is 0 Å². The van der Waals surface area contributed by atoms with E-state index in [1.165, 1.54) is 51.0 Å². The Labute approximate surface area is 301 Å². The quantitative estimate of drug-likeness (QED) is 0.156. The number of anilines is 1. The largest absolute Gasteiger partial charge is 0.429 e. The first kappa shape index (κ1) is 42.4. The van der Waals surface area contributed by atoms with E-state index in [9.17, 15) is 19.2 Å². The Balaban J connectivity index is 0.000000320. The maximum atomic E-state index is 12.9. The minimum absolute atomic E-state index is 0.0177. The van der Waals surface area contributed by atoms with Crippen LogP contribution in [0.3, 0.4) is 0 Å². The van der Waals surface area contributed by atoms with Crippen LogP contribution >= 0.6 is 0 Å². The van der Waals surface area contributed by atoms with E-state index in [4.69, 9.17) is 0 Å². The average molecular weight is 693 g/mol. The number of ether oxygens (including phenoxy) is 1. The van der Waals surface area contributed by atoms with E-state index < -0.39 is 0 Å². The van der Waals surface area contributed by atoms with Gasteiger partial charge in [-0.25, -0.2) is 0 Å². The normalized spacial score (nSPS) is 15.5. The number of hydrogen-bond acceptors (Lipinski definition) is 6. The zero-order valence-electron chi connectivity index (χ0n) is 31.7. The monoisotopic (exact) mass is 692 g/mol. The highest BCUT2D eigenvalue weighted by molar-refractivity contribution is 5.89. The summed E-state index contributed by atoms with van der Waals surface area (Å²) in [6.07, 6.45) is 13.6. The molecule has 2 aliphatic heterocycles. The van der Waals surface area contributed by atoms with Gasteiger partial charge in [-0.15, -0.1) is 0 Å². The lowest BCUT2D eigenvalue weighted by Gasteiger charge is -2.35. The van der Waals surface area contributed by atoms with Crippen molar-refractivity contribution in [2.45, 2.75) is 118 Å². The lowest BCUT2D eigenvalue weighted by Crippen LogP contribution is -2.50. The molecular weight excluding hydrogens is 628 g/mol. The number of likely N-dealkylation sites (N-methyl/N-ethyl adjacent to an activating group) is 1. The maximum absolute atomic E-state index is 12.9. The highest BCUT2D eigenvalue weighted by atomic mass is 16.5. The molecule has 9 nitrogen and oxygen atoms in total. The van der Waals surface area contributed by atoms with Crippen LogP contribution in [0, 0.1) is 18.8 Å². The molecular formula is C41H64N4O5. The first-order valence-corrected chi connectivity index (χ1v) is 18.9. The Morgan fingerprint density at radius 2 is 1.50 bits per heavy atom. The number of aryl methyl sites for hydroxylation is 2. The average Bonchev–Trinajstić information content (AvgIpc) is 3.12. The van der Waals surface area contributed by atoms with Crippen molar-refractivity contribution in [1.82, 2.24) is 15.1 Å². The smallest absolute Gasteiger partial charge is 0.298 e. The van der Waals surface area contributed by atoms with Gasteiger partial charge >= 0.3 is 0 Å². The molecule has 2 aliphatic rings. The van der Waals surface area contributed by atoms with Crippen LogP contribution in [-0.4, -0.2) is 73.3 Å². The number of carbonyl (C=O) groups excluding carboxylic acids is 4. The minimum atomic E-state index is -0.377. The second-order valence-electron chi connectivity index (χ2n) is 13.8. The van der Waals surface area contributed by atoms with Crippen molar-refractivity contribution in [2.75, 3.05) is 38.5 Å². The lowest BCUT2D eigenvalue weighted by atomic mass is 9.90. The molecule has 0 saturated carbocycles. The first-order valence-electron chi connectivity index (χ1n) is 18.9. The van der Waals surface area contributed by atoms with Crippen molar-refractivity contribution in [3.05, 3.63) is 59.7 Å². The lowest BCUT2D eigenvalue weighted by molar-refractivity contribution is -0.140. The minimum Gasteiger partial charge on any atom is -0.429 e. The number of unbranched alkanes of at least 4 members (excludes halogenated alkanes) is 4. The van der Waals surface area contributed by atoms with Crippen molar-refractivity contribution in [3.8, 4) is 5.75 Å². The van der Waals surface area contributed by atoms with Gasteiger partial charge in [0.25, 0.3) is 6.47 Å². The van der Waals surface area contributed by atoms with Crippen molar-refractivity contribution >= 4 is 29.9 Å². The highest BCUT2D eigenvalue weighted by Gasteiger charge is 2.30. The van der Waals surface area contributed by atoms with E-state index in [1.54, 1.807) is 19.2 Å². The van der Waals surface area contributed by atoms with Gasteiger partial charge in [0.1, 0.15) is 5.75 Å². The fraction of sp³-hybridized carbons (Fsp3) is 0.610. The SMILES string of the molecule is CCCCCCCC1CCN(C(=O)C(CC(=O)N2CCC(C)CC2)NC)CC1.CCc1ccccc1NC(C)=O.Cc1ccc(OC=O)cc1. The predicted octanol–water partition coefficient (Wildman–Crippen LogP) is 7.56. The molecule has 278 valence electrons. The Hall–Kier alpha value is -3.72. The molecule has 1 atom stereocenters. The van der Waals surface area contributed by atoms with Crippen molar-refractivity contribution in [2.24, 2.45) is 11.8 Å². The molecule has 0 aliphatic carbocycles. The molecule has 1 unspecified atom stereocenters. The third kappa shape index (κ3) is 16.3. The van der Waals surface area contributed by atoms with Gasteiger partial charge in [0.15, 0.2) is 0 Å². The van der Waals surface area contributed by atoms with Gasteiger partial charge in [-0.2, -0.15) is 0 Å². The van der Waals surface area contributed by atoms with Crippen LogP contribution in [0.4, 0.5) is 5.69 Å². The van der Waals surface area contributed by atoms with Crippen LogP contribution in [0.5, 0.6) is 5.75 Å². The van der Waals surface area contributed by atoms with Gasteiger partial charge in [-0.3, -0.25) is 19.2 Å². The molecule has 2 saturated heterocycles. The number of nitrogens with one attached hydrogen (secondary N) is 2. The summed E-state index contributed by atoms with van der Waals surface area (Å²) in [4.78, 5) is 50.1. The fourth-order valence-corrected chi connectivity index (χ4v) is 6.39. The zero-order chi connectivity index (χ0) is 36.7. The third-order valence-electron chi connectivity index (χ3n) is 9.72. The van der Waals surface area contributed by atoms with Gasteiger partial charge in [0, 0.05) is 38.8 Å². The van der Waals surface area contributed by atoms with Crippen LogP contribution in [0.15, 0.2) is 48.5 Å². The molecule has 3 amide bonds. The summed E-state index contributed by atoms with van der Waals surface area (Å²) >= 11 is 0. The van der Waals surface area contributed by atoms with Gasteiger partial charge in [-0.05, 0) is 81.7 Å². The summed E-state index contributed by atoms with van der Waals surface area (Å²) in [6, 6.07) is 14.7. The summed E-state index contributed by atoms with van der Waals surface area (Å²) in [5, 5.41) is 5.89. The molecule has 4 rings (SSSR count). The molecule has 2 aromatic rings. The molecule has 2 heterocycles. The fourth-order valence-electron chi connectivity index (χ4n) is 6.39. The molecule has 2 aromatic carbocycles. The van der Waals surface area contributed by atoms with Gasteiger partial charge in [-0.1, -0.05) is 95.2 Å². The third-order valence-corrected chi connectivity index (χ3v) is 9.72. The van der Waals surface area contributed by atoms with Crippen LogP contribution in [0.1, 0.15) is 109 Å². The van der Waals surface area contributed by atoms with Crippen molar-refractivity contribution < 1.29 is 23.9 Å². The van der Waals surface area contributed by atoms with E-state index in [0.29, 0.717) is 24.6 Å². The second kappa shape index (κ2) is 24.4. The zero-order valence-corrected chi connectivity index (χ0v) is 31.7. The van der Waals surface area contributed by atoms with Crippen molar-refractivity contribution in [3.63, 3.8) is 0 Å². The maximum Gasteiger partial charge on any atom is 0.298 e. The second-order valence-corrected chi connectivity index (χ2v) is 13.8. The van der Waals surface area contributed by atoms with Gasteiger partial charge in [0.05, 0.1) is 12.5 Å². The number of nitrogens with zero attached hydrogens (tertiary/aromatic N) is 2. The summed E-state index contributed by atoms with van der Waals surface area (Å²) in [5.41, 5.74) is 3.25. The number of piperidine rings is 2. The van der Waals surface area contributed by atoms with E-state index in [1.807, 2.05) is 53.1 Å². The Bertz CT molecular complexity index is 1270. The Kier molecular flexibility index (Phi) is 20.7. The topological polar surface area (TPSA) is 108 Å². The van der Waals surface area contributed by atoms with E-state index in [-0.39, 0.29) is 23.8 Å². The van der Waals surface area contributed by atoms with Gasteiger partial charge < -0.3 is 25.2 Å². The molecule has 0 bridgehead atoms. The molecule has 50 heavy (non-hydrogen) atoms. The van der Waals surface area contributed by atoms with Crippen molar-refractivity contribution in [1.29, 1.82) is 0 Å². The van der Waals surface area contributed by atoms with Crippen LogP contribution in [0.2, 0.25) is 0 Å². The number of para-hydroxylation sites is 1. The van der Waals surface area contributed by atoms with E-state index in [0.717, 1.165) is 75.5 Å². The number of rotatable bonds is 14. The number of carbonyl (C=O) groups is 4. The highest BCUT2D eigenvalue weighted by Crippen LogP contribution is 2.24. The number of benzene rings is 2. The summed E-state index contributed by atoms with van der Waals surface area (Å²) in [6.45, 7) is 13.9. The molecule has 2 fully saturated rings. The molecule has 2 N–H and O–H groups in total. The van der Waals surface area contributed by atoms with E-state index in [2.05, 4.69) is 36.1 Å².